The molecule has 0 spiro atoms. The fourth-order valence-corrected chi connectivity index (χ4v) is 0.847. The number of nitrogen functional groups attached to an aromatic ring is 1. The molecule has 0 aliphatic heterocycles. The van der Waals surface area contributed by atoms with Gasteiger partial charge in [-0.15, -0.1) is 0 Å². The molecule has 9 heavy (non-hydrogen) atoms. The smallest absolute Gasteiger partial charge is 0.272 e. The van der Waals surface area contributed by atoms with Crippen LogP contribution in [0.5, 0.6) is 0 Å². The number of carbonyl (C=O) groups excluding carboxylic acids is 1. The first-order valence-corrected chi connectivity index (χ1v) is 2.82. The number of hydrogen-bond acceptors (Lipinski definition) is 5. The lowest BCUT2D eigenvalue weighted by atomic mass is 10.4. The van der Waals surface area contributed by atoms with E-state index >= 15 is 0 Å². The fraction of sp³-hybridized carbons (Fsp3) is 0. The van der Waals surface area contributed by atoms with Gasteiger partial charge in [0.1, 0.15) is 0 Å². The fourth-order valence-electron chi connectivity index (χ4n) is 0.366. The molecular weight excluding hydrogens is 140 g/mol. The lowest BCUT2D eigenvalue weighted by Crippen LogP contribution is -2.13. The predicted molar refractivity (Wildman–Crippen MR) is 32.8 cm³/mol. The predicted octanol–water partition coefficient (Wildman–Crippen LogP) is -0.781. The van der Waals surface area contributed by atoms with Crippen LogP contribution in [0.4, 0.5) is 5.82 Å². The molecule has 0 radical (unpaired) electrons. The number of nitrogens with two attached hydrogens (primary N) is 2. The normalized spacial score (nSPS) is 9.33. The Morgan fingerprint density at radius 2 is 2.22 bits per heavy atom. The summed E-state index contributed by atoms with van der Waals surface area (Å²) in [5.41, 5.74) is 10.1. The molecule has 0 aliphatic rings. The number of hydrogen-bond donors (Lipinski definition) is 2. The van der Waals surface area contributed by atoms with Gasteiger partial charge in [-0.3, -0.25) is 4.79 Å². The van der Waals surface area contributed by atoms with E-state index in [1.807, 2.05) is 0 Å². The molecule has 1 amide bonds. The minimum atomic E-state index is -0.638. The zero-order chi connectivity index (χ0) is 6.85. The van der Waals surface area contributed by atoms with E-state index in [0.29, 0.717) is 0 Å². The monoisotopic (exact) mass is 144 g/mol. The van der Waals surface area contributed by atoms with E-state index in [1.165, 1.54) is 0 Å². The number of primary amides is 1. The van der Waals surface area contributed by atoms with Crippen LogP contribution in [0.1, 0.15) is 10.5 Å². The molecule has 0 aliphatic carbocycles. The molecule has 0 unspecified atom stereocenters. The highest BCUT2D eigenvalue weighted by Crippen LogP contribution is 2.04. The topological polar surface area (TPSA) is 94.9 Å². The van der Waals surface area contributed by atoms with Crippen molar-refractivity contribution in [2.75, 3.05) is 5.73 Å². The molecule has 1 aromatic rings. The summed E-state index contributed by atoms with van der Waals surface area (Å²) in [7, 11) is 0. The average molecular weight is 144 g/mol. The van der Waals surface area contributed by atoms with E-state index in [9.17, 15) is 4.79 Å². The number of carbonyl (C=O) groups is 1. The maximum atomic E-state index is 10.3. The van der Waals surface area contributed by atoms with Gasteiger partial charge in [0.05, 0.1) is 11.7 Å². The first kappa shape index (κ1) is 5.96. The lowest BCUT2D eigenvalue weighted by molar-refractivity contribution is 0.0997. The van der Waals surface area contributed by atoms with Crippen molar-refractivity contribution in [2.45, 2.75) is 0 Å². The maximum Gasteiger partial charge on any atom is 0.272 e. The van der Waals surface area contributed by atoms with Crippen molar-refractivity contribution >= 4 is 23.5 Å². The number of anilines is 1. The van der Waals surface area contributed by atoms with Gasteiger partial charge in [0.15, 0.2) is 11.5 Å². The standard InChI is InChI=1S/C3H4N4OS/c4-2-1(3(5)8)6-9-7-2/h(H2,4,7)(H2,5,8). The van der Waals surface area contributed by atoms with Crippen LogP contribution in [0, 0.1) is 0 Å². The van der Waals surface area contributed by atoms with Gasteiger partial charge >= 0.3 is 0 Å². The van der Waals surface area contributed by atoms with Gasteiger partial charge in [-0.25, -0.2) is 0 Å². The Hall–Kier alpha value is -1.17. The minimum absolute atomic E-state index is 0.0556. The SMILES string of the molecule is NC(=O)c1nsnc1N. The first-order chi connectivity index (χ1) is 4.22. The molecule has 0 bridgehead atoms. The van der Waals surface area contributed by atoms with Crippen LogP contribution in [-0.4, -0.2) is 14.7 Å². The van der Waals surface area contributed by atoms with E-state index < -0.39 is 5.91 Å². The molecule has 5 nitrogen and oxygen atoms in total. The summed E-state index contributed by atoms with van der Waals surface area (Å²) in [5, 5.41) is 0. The third-order valence-corrected chi connectivity index (χ3v) is 1.29. The molecular formula is C3H4N4OS. The zero-order valence-corrected chi connectivity index (χ0v) is 5.18. The van der Waals surface area contributed by atoms with Gasteiger partial charge < -0.3 is 11.5 Å². The van der Waals surface area contributed by atoms with Crippen LogP contribution in [0.25, 0.3) is 0 Å². The van der Waals surface area contributed by atoms with Gasteiger partial charge in [0.2, 0.25) is 0 Å². The Morgan fingerprint density at radius 3 is 2.44 bits per heavy atom. The van der Waals surface area contributed by atoms with Crippen molar-refractivity contribution in [1.29, 1.82) is 0 Å². The quantitative estimate of drug-likeness (QED) is 0.540. The molecule has 1 aromatic heterocycles. The van der Waals surface area contributed by atoms with E-state index in [1.54, 1.807) is 0 Å². The maximum absolute atomic E-state index is 10.3. The Labute approximate surface area is 55.0 Å². The summed E-state index contributed by atoms with van der Waals surface area (Å²) in [5.74, 6) is -0.534. The summed E-state index contributed by atoms with van der Waals surface area (Å²) in [6.45, 7) is 0. The van der Waals surface area contributed by atoms with Crippen molar-refractivity contribution in [3.63, 3.8) is 0 Å². The summed E-state index contributed by atoms with van der Waals surface area (Å²) < 4.78 is 7.09. The summed E-state index contributed by atoms with van der Waals surface area (Å²) in [4.78, 5) is 10.3. The second kappa shape index (κ2) is 1.98. The highest BCUT2D eigenvalue weighted by Gasteiger charge is 2.08. The van der Waals surface area contributed by atoms with Crippen molar-refractivity contribution in [2.24, 2.45) is 5.73 Å². The summed E-state index contributed by atoms with van der Waals surface area (Å²) >= 11 is 0.869. The van der Waals surface area contributed by atoms with Crippen molar-refractivity contribution in [3.05, 3.63) is 5.69 Å². The van der Waals surface area contributed by atoms with Crippen LogP contribution in [0.15, 0.2) is 0 Å². The summed E-state index contributed by atoms with van der Waals surface area (Å²) in [6.07, 6.45) is 0. The van der Waals surface area contributed by atoms with Crippen molar-refractivity contribution < 1.29 is 4.79 Å². The van der Waals surface area contributed by atoms with Crippen LogP contribution in [-0.2, 0) is 0 Å². The minimum Gasteiger partial charge on any atom is -0.381 e. The molecule has 4 N–H and O–H groups in total. The molecule has 0 saturated carbocycles. The first-order valence-electron chi connectivity index (χ1n) is 2.09. The molecule has 1 heterocycles. The number of nitrogens with zero attached hydrogens (tertiary/aromatic N) is 2. The van der Waals surface area contributed by atoms with Crippen molar-refractivity contribution in [1.82, 2.24) is 8.75 Å². The second-order valence-corrected chi connectivity index (χ2v) is 1.89. The molecule has 0 aromatic carbocycles. The van der Waals surface area contributed by atoms with E-state index in [-0.39, 0.29) is 11.5 Å². The van der Waals surface area contributed by atoms with E-state index in [4.69, 9.17) is 11.5 Å². The number of amides is 1. The second-order valence-electron chi connectivity index (χ2n) is 1.36. The highest BCUT2D eigenvalue weighted by atomic mass is 32.1. The van der Waals surface area contributed by atoms with Crippen LogP contribution in [0.3, 0.4) is 0 Å². The molecule has 0 fully saturated rings. The summed E-state index contributed by atoms with van der Waals surface area (Å²) in [6, 6.07) is 0. The van der Waals surface area contributed by atoms with E-state index in [0.717, 1.165) is 11.7 Å². The zero-order valence-electron chi connectivity index (χ0n) is 4.37. The van der Waals surface area contributed by atoms with Crippen LogP contribution >= 0.6 is 11.7 Å². The number of aromatic nitrogens is 2. The molecule has 0 atom stereocenters. The molecule has 6 heteroatoms. The Balaban J connectivity index is 3.08. The molecule has 48 valence electrons. The van der Waals surface area contributed by atoms with Gasteiger partial charge in [0, 0.05) is 0 Å². The van der Waals surface area contributed by atoms with Crippen LogP contribution in [0.2, 0.25) is 0 Å². The van der Waals surface area contributed by atoms with Gasteiger partial charge in [0.25, 0.3) is 5.91 Å². The number of rotatable bonds is 1. The molecule has 0 saturated heterocycles. The van der Waals surface area contributed by atoms with Gasteiger partial charge in [-0.1, -0.05) is 0 Å². The largest absolute Gasteiger partial charge is 0.381 e. The average Bonchev–Trinajstić information content (AvgIpc) is 2.13. The Kier molecular flexibility index (Phi) is 1.31. The van der Waals surface area contributed by atoms with Gasteiger partial charge in [-0.05, 0) is 0 Å². The Morgan fingerprint density at radius 1 is 1.56 bits per heavy atom. The Bertz CT molecular complexity index is 231. The lowest BCUT2D eigenvalue weighted by Gasteiger charge is -1.84. The van der Waals surface area contributed by atoms with E-state index in [2.05, 4.69) is 8.75 Å². The third-order valence-electron chi connectivity index (χ3n) is 0.747. The van der Waals surface area contributed by atoms with Gasteiger partial charge in [-0.2, -0.15) is 8.75 Å². The van der Waals surface area contributed by atoms with Crippen LogP contribution < -0.4 is 11.5 Å². The van der Waals surface area contributed by atoms with Crippen molar-refractivity contribution in [3.8, 4) is 0 Å². The highest BCUT2D eigenvalue weighted by molar-refractivity contribution is 6.99. The molecule has 1 rings (SSSR count). The third kappa shape index (κ3) is 0.968.